The third kappa shape index (κ3) is 7.44. The SMILES string of the molecule is COc1cc(/C=N\NC(=O)CSc2nc(C)cc(C)n2)cc(Br)c1Oc1ccc([N+](=O)[O-])cc1[N+](=O)[O-]. The first-order chi connectivity index (χ1) is 17.6. The lowest BCUT2D eigenvalue weighted by atomic mass is 10.2. The van der Waals surface area contributed by atoms with Gasteiger partial charge in [-0.15, -0.1) is 0 Å². The zero-order chi connectivity index (χ0) is 27.1. The first-order valence-electron chi connectivity index (χ1n) is 10.3. The van der Waals surface area contributed by atoms with Gasteiger partial charge in [-0.05, 0) is 59.6 Å². The Balaban J connectivity index is 1.71. The third-order valence-electron chi connectivity index (χ3n) is 4.51. The number of hydrogen-bond acceptors (Lipinski definition) is 11. The molecule has 0 aliphatic carbocycles. The van der Waals surface area contributed by atoms with Crippen LogP contribution in [0, 0.1) is 34.1 Å². The molecular weight excluding hydrogens is 572 g/mol. The van der Waals surface area contributed by atoms with E-state index in [2.05, 4.69) is 36.4 Å². The number of ether oxygens (including phenoxy) is 2. The highest BCUT2D eigenvalue weighted by molar-refractivity contribution is 9.10. The molecule has 0 fully saturated rings. The second kappa shape index (κ2) is 12.2. The van der Waals surface area contributed by atoms with Gasteiger partial charge < -0.3 is 9.47 Å². The van der Waals surface area contributed by atoms with Gasteiger partial charge in [0.25, 0.3) is 11.6 Å². The molecule has 1 heterocycles. The Morgan fingerprint density at radius 3 is 2.43 bits per heavy atom. The molecule has 192 valence electrons. The number of benzene rings is 2. The van der Waals surface area contributed by atoms with Gasteiger partial charge in [0.1, 0.15) is 0 Å². The number of halogens is 1. The van der Waals surface area contributed by atoms with Crippen LogP contribution in [-0.4, -0.2) is 44.8 Å². The minimum absolute atomic E-state index is 0.0635. The van der Waals surface area contributed by atoms with E-state index in [0.717, 1.165) is 29.6 Å². The lowest BCUT2D eigenvalue weighted by Crippen LogP contribution is -2.19. The Bertz CT molecular complexity index is 1380. The van der Waals surface area contributed by atoms with E-state index in [0.29, 0.717) is 15.2 Å². The largest absolute Gasteiger partial charge is 0.493 e. The van der Waals surface area contributed by atoms with Crippen molar-refractivity contribution in [3.63, 3.8) is 0 Å². The van der Waals surface area contributed by atoms with Crippen LogP contribution in [0.4, 0.5) is 11.4 Å². The van der Waals surface area contributed by atoms with Crippen molar-refractivity contribution in [1.82, 2.24) is 15.4 Å². The van der Waals surface area contributed by atoms with E-state index in [4.69, 9.17) is 9.47 Å². The molecule has 13 nitrogen and oxygen atoms in total. The number of thioether (sulfide) groups is 1. The summed E-state index contributed by atoms with van der Waals surface area (Å²) in [7, 11) is 1.37. The van der Waals surface area contributed by atoms with Gasteiger partial charge in [0, 0.05) is 17.5 Å². The molecule has 0 spiro atoms. The van der Waals surface area contributed by atoms with Crippen LogP contribution in [0.2, 0.25) is 0 Å². The Labute approximate surface area is 222 Å². The highest BCUT2D eigenvalue weighted by atomic mass is 79.9. The number of hydrazone groups is 1. The highest BCUT2D eigenvalue weighted by Crippen LogP contribution is 2.42. The van der Waals surface area contributed by atoms with Gasteiger partial charge in [-0.1, -0.05) is 11.8 Å². The Morgan fingerprint density at radius 2 is 1.81 bits per heavy atom. The van der Waals surface area contributed by atoms with Crippen LogP contribution in [0.3, 0.4) is 0 Å². The van der Waals surface area contributed by atoms with Crippen LogP contribution in [0.25, 0.3) is 0 Å². The summed E-state index contributed by atoms with van der Waals surface area (Å²) in [6.07, 6.45) is 1.38. The number of hydrogen-bond donors (Lipinski definition) is 1. The van der Waals surface area contributed by atoms with Gasteiger partial charge in [0.05, 0.1) is 39.5 Å². The topological polar surface area (TPSA) is 172 Å². The standard InChI is InChI=1S/C22H19BrN6O7S/c1-12-6-13(2)26-22(25-12)37-11-20(30)27-24-10-14-7-16(23)21(19(8-14)35-3)36-18-5-4-15(28(31)32)9-17(18)29(33)34/h4-10H,11H2,1-3H3,(H,27,30)/b24-10-. The Kier molecular flexibility index (Phi) is 9.08. The second-order valence-corrected chi connectivity index (χ2v) is 9.11. The van der Waals surface area contributed by atoms with Crippen LogP contribution in [-0.2, 0) is 4.79 Å². The minimum atomic E-state index is -0.781. The van der Waals surface area contributed by atoms with Crippen molar-refractivity contribution in [2.45, 2.75) is 19.0 Å². The molecule has 3 rings (SSSR count). The molecule has 37 heavy (non-hydrogen) atoms. The van der Waals surface area contributed by atoms with Crippen molar-refractivity contribution in [3.8, 4) is 17.2 Å². The molecule has 1 N–H and O–H groups in total. The van der Waals surface area contributed by atoms with Crippen molar-refractivity contribution < 1.29 is 24.1 Å². The number of carbonyl (C=O) groups is 1. The number of methoxy groups -OCH3 is 1. The lowest BCUT2D eigenvalue weighted by molar-refractivity contribution is -0.394. The number of non-ortho nitro benzene ring substituents is 1. The molecule has 0 saturated carbocycles. The van der Waals surface area contributed by atoms with Crippen molar-refractivity contribution in [2.24, 2.45) is 5.10 Å². The molecule has 2 aromatic carbocycles. The molecule has 0 radical (unpaired) electrons. The maximum Gasteiger partial charge on any atom is 0.318 e. The number of amides is 1. The van der Waals surface area contributed by atoms with Crippen LogP contribution < -0.4 is 14.9 Å². The summed E-state index contributed by atoms with van der Waals surface area (Å²) >= 11 is 4.51. The highest BCUT2D eigenvalue weighted by Gasteiger charge is 2.23. The van der Waals surface area contributed by atoms with E-state index in [1.165, 1.54) is 31.2 Å². The number of rotatable bonds is 10. The number of nitro benzene ring substituents is 2. The molecule has 0 saturated heterocycles. The van der Waals surface area contributed by atoms with Crippen LogP contribution in [0.1, 0.15) is 17.0 Å². The summed E-state index contributed by atoms with van der Waals surface area (Å²) in [6.45, 7) is 3.69. The fourth-order valence-corrected chi connectivity index (χ4v) is 4.25. The normalized spacial score (nSPS) is 10.8. The van der Waals surface area contributed by atoms with Gasteiger partial charge in [-0.3, -0.25) is 25.0 Å². The summed E-state index contributed by atoms with van der Waals surface area (Å²) in [5.41, 5.74) is 3.52. The number of aromatic nitrogens is 2. The third-order valence-corrected chi connectivity index (χ3v) is 5.95. The van der Waals surface area contributed by atoms with Gasteiger partial charge >= 0.3 is 5.69 Å². The fraction of sp³-hybridized carbons (Fsp3) is 0.182. The van der Waals surface area contributed by atoms with Crippen molar-refractivity contribution in [1.29, 1.82) is 0 Å². The van der Waals surface area contributed by atoms with Crippen LogP contribution >= 0.6 is 27.7 Å². The number of carbonyl (C=O) groups excluding carboxylic acids is 1. The number of nitrogens with zero attached hydrogens (tertiary/aromatic N) is 5. The Morgan fingerprint density at radius 1 is 1.11 bits per heavy atom. The van der Waals surface area contributed by atoms with Crippen molar-refractivity contribution in [2.75, 3.05) is 12.9 Å². The molecule has 0 unspecified atom stereocenters. The number of aryl methyl sites for hydroxylation is 2. The van der Waals surface area contributed by atoms with Gasteiger partial charge in [-0.25, -0.2) is 15.4 Å². The molecule has 15 heteroatoms. The smallest absolute Gasteiger partial charge is 0.318 e. The number of nitro groups is 2. The second-order valence-electron chi connectivity index (χ2n) is 7.32. The molecule has 3 aromatic rings. The van der Waals surface area contributed by atoms with Crippen LogP contribution in [0.5, 0.6) is 17.2 Å². The molecule has 1 amide bonds. The predicted octanol–water partition coefficient (Wildman–Crippen LogP) is 4.72. The van der Waals surface area contributed by atoms with Crippen molar-refractivity contribution in [3.05, 3.63) is 78.1 Å². The minimum Gasteiger partial charge on any atom is -0.493 e. The van der Waals surface area contributed by atoms with E-state index in [9.17, 15) is 25.0 Å². The van der Waals surface area contributed by atoms with Crippen LogP contribution in [0.15, 0.2) is 51.1 Å². The monoisotopic (exact) mass is 590 g/mol. The zero-order valence-corrected chi connectivity index (χ0v) is 22.0. The van der Waals surface area contributed by atoms with E-state index in [1.807, 2.05) is 19.9 Å². The lowest BCUT2D eigenvalue weighted by Gasteiger charge is -2.13. The predicted molar refractivity (Wildman–Crippen MR) is 138 cm³/mol. The molecule has 0 bridgehead atoms. The molecule has 1 aromatic heterocycles. The molecular formula is C22H19BrN6O7S. The maximum atomic E-state index is 12.1. The fourth-order valence-electron chi connectivity index (χ4n) is 2.97. The van der Waals surface area contributed by atoms with Gasteiger partial charge in [0.15, 0.2) is 16.7 Å². The van der Waals surface area contributed by atoms with E-state index < -0.39 is 21.2 Å². The van der Waals surface area contributed by atoms with E-state index in [1.54, 1.807) is 6.07 Å². The molecule has 0 aliphatic heterocycles. The van der Waals surface area contributed by atoms with Crippen molar-refractivity contribution >= 4 is 51.2 Å². The average molecular weight is 591 g/mol. The molecule has 0 aliphatic rings. The summed E-state index contributed by atoms with van der Waals surface area (Å²) < 4.78 is 11.4. The summed E-state index contributed by atoms with van der Waals surface area (Å²) in [4.78, 5) is 41.5. The first-order valence-corrected chi connectivity index (χ1v) is 12.1. The molecule has 0 atom stereocenters. The Hall–Kier alpha value is -4.11. The maximum absolute atomic E-state index is 12.1. The zero-order valence-electron chi connectivity index (χ0n) is 19.6. The number of nitrogens with one attached hydrogen (secondary N) is 1. The van der Waals surface area contributed by atoms with E-state index in [-0.39, 0.29) is 28.9 Å². The summed E-state index contributed by atoms with van der Waals surface area (Å²) in [5.74, 6) is -0.217. The van der Waals surface area contributed by atoms with E-state index >= 15 is 0 Å². The average Bonchev–Trinajstić information content (AvgIpc) is 2.83. The first kappa shape index (κ1) is 27.5. The summed E-state index contributed by atoms with van der Waals surface area (Å²) in [5, 5.41) is 26.8. The quantitative estimate of drug-likeness (QED) is 0.114. The van der Waals surface area contributed by atoms with Gasteiger partial charge in [0.2, 0.25) is 5.75 Å². The van der Waals surface area contributed by atoms with Gasteiger partial charge in [-0.2, -0.15) is 5.10 Å². The summed E-state index contributed by atoms with van der Waals surface area (Å²) in [6, 6.07) is 7.99.